The van der Waals surface area contributed by atoms with E-state index in [-0.39, 0.29) is 12.5 Å². The van der Waals surface area contributed by atoms with E-state index in [4.69, 9.17) is 16.3 Å². The lowest BCUT2D eigenvalue weighted by Crippen LogP contribution is -2.14. The van der Waals surface area contributed by atoms with Crippen LogP contribution in [0.25, 0.3) is 11.1 Å². The van der Waals surface area contributed by atoms with Crippen molar-refractivity contribution in [2.24, 2.45) is 5.92 Å². The average molecular weight is 442 g/mol. The van der Waals surface area contributed by atoms with E-state index in [9.17, 15) is 9.59 Å². The van der Waals surface area contributed by atoms with Crippen LogP contribution in [0.2, 0.25) is 5.02 Å². The van der Waals surface area contributed by atoms with E-state index in [1.54, 1.807) is 31.2 Å². The van der Waals surface area contributed by atoms with Gasteiger partial charge in [-0.2, -0.15) is 0 Å². The first-order valence-corrected chi connectivity index (χ1v) is 11.1. The summed E-state index contributed by atoms with van der Waals surface area (Å²) in [6.07, 6.45) is 0.997. The highest BCUT2D eigenvalue weighted by Gasteiger charge is 2.23. The van der Waals surface area contributed by atoms with Crippen LogP contribution in [0.3, 0.4) is 0 Å². The first-order valence-electron chi connectivity index (χ1n) is 9.83. The smallest absolute Gasteiger partial charge is 0.341 e. The number of rotatable bonds is 7. The number of benzene rings is 2. The van der Waals surface area contributed by atoms with Crippen molar-refractivity contribution in [1.29, 1.82) is 0 Å². The van der Waals surface area contributed by atoms with Crippen molar-refractivity contribution in [3.05, 3.63) is 75.6 Å². The highest BCUT2D eigenvalue weighted by Crippen LogP contribution is 2.36. The van der Waals surface area contributed by atoms with Crippen molar-refractivity contribution in [3.63, 3.8) is 0 Å². The van der Waals surface area contributed by atoms with Crippen molar-refractivity contribution >= 4 is 39.8 Å². The summed E-state index contributed by atoms with van der Waals surface area (Å²) in [7, 11) is 0. The molecule has 0 radical (unpaired) electrons. The first-order chi connectivity index (χ1) is 14.4. The second-order valence-electron chi connectivity index (χ2n) is 7.33. The number of halogens is 1. The molecule has 3 rings (SSSR count). The number of hydrogen-bond acceptors (Lipinski definition) is 4. The molecule has 0 unspecified atom stereocenters. The van der Waals surface area contributed by atoms with Gasteiger partial charge in [-0.15, -0.1) is 11.3 Å². The minimum atomic E-state index is -0.452. The Morgan fingerprint density at radius 1 is 1.07 bits per heavy atom. The molecule has 1 heterocycles. The molecule has 0 bridgehead atoms. The Hall–Kier alpha value is -2.63. The third-order valence-electron chi connectivity index (χ3n) is 4.51. The Balaban J connectivity index is 1.93. The molecule has 3 aromatic rings. The van der Waals surface area contributed by atoms with E-state index >= 15 is 0 Å². The number of nitrogens with one attached hydrogen (secondary N) is 1. The molecule has 0 aliphatic carbocycles. The fraction of sp³-hybridized carbons (Fsp3) is 0.250. The minimum Gasteiger partial charge on any atom is -0.462 e. The Morgan fingerprint density at radius 2 is 1.73 bits per heavy atom. The molecule has 0 saturated carbocycles. The monoisotopic (exact) mass is 441 g/mol. The van der Waals surface area contributed by atoms with Gasteiger partial charge in [0, 0.05) is 21.5 Å². The van der Waals surface area contributed by atoms with Gasteiger partial charge in [-0.05, 0) is 54.7 Å². The summed E-state index contributed by atoms with van der Waals surface area (Å²) in [5.41, 5.74) is 3.75. The van der Waals surface area contributed by atoms with Crippen LogP contribution >= 0.6 is 22.9 Å². The van der Waals surface area contributed by atoms with E-state index in [0.29, 0.717) is 27.1 Å². The molecule has 6 heteroatoms. The molecule has 30 heavy (non-hydrogen) atoms. The first kappa shape index (κ1) is 22.1. The fourth-order valence-corrected chi connectivity index (χ4v) is 4.22. The number of esters is 1. The van der Waals surface area contributed by atoms with Gasteiger partial charge in [0.15, 0.2) is 0 Å². The van der Waals surface area contributed by atoms with Crippen LogP contribution in [-0.4, -0.2) is 18.5 Å². The predicted octanol–water partition coefficient (Wildman–Crippen LogP) is 6.70. The predicted molar refractivity (Wildman–Crippen MR) is 124 cm³/mol. The van der Waals surface area contributed by atoms with Crippen LogP contribution in [0.1, 0.15) is 47.1 Å². The molecule has 0 aliphatic heterocycles. The summed E-state index contributed by atoms with van der Waals surface area (Å²) in [4.78, 5) is 25.4. The van der Waals surface area contributed by atoms with E-state index in [1.165, 1.54) is 16.9 Å². The zero-order chi connectivity index (χ0) is 21.7. The van der Waals surface area contributed by atoms with E-state index in [1.807, 2.05) is 17.5 Å². The third-order valence-corrected chi connectivity index (χ3v) is 5.66. The quantitative estimate of drug-likeness (QED) is 0.415. The van der Waals surface area contributed by atoms with Gasteiger partial charge < -0.3 is 10.1 Å². The van der Waals surface area contributed by atoms with Gasteiger partial charge in [-0.3, -0.25) is 4.79 Å². The number of ether oxygens (including phenoxy) is 1. The van der Waals surface area contributed by atoms with Crippen LogP contribution in [0.5, 0.6) is 0 Å². The highest BCUT2D eigenvalue weighted by atomic mass is 35.5. The molecule has 0 saturated heterocycles. The molecule has 0 spiro atoms. The van der Waals surface area contributed by atoms with Crippen molar-refractivity contribution in [2.45, 2.75) is 27.2 Å². The molecular formula is C24H24ClNO3S. The molecule has 1 aromatic heterocycles. The topological polar surface area (TPSA) is 55.4 Å². The molecule has 0 atom stereocenters. The van der Waals surface area contributed by atoms with Gasteiger partial charge in [0.1, 0.15) is 10.6 Å². The Labute approximate surface area is 185 Å². The maximum absolute atomic E-state index is 12.7. The SMILES string of the molecule is CCOC(=O)c1c(-c2ccc(CC(C)C)cc2)csc1NC(=O)c1ccc(Cl)cc1. The summed E-state index contributed by atoms with van der Waals surface area (Å²) in [6, 6.07) is 14.8. The summed E-state index contributed by atoms with van der Waals surface area (Å²) in [5, 5.41) is 5.75. The highest BCUT2D eigenvalue weighted by molar-refractivity contribution is 7.15. The Bertz CT molecular complexity index is 1020. The molecule has 0 aliphatic rings. The molecule has 4 nitrogen and oxygen atoms in total. The summed E-state index contributed by atoms with van der Waals surface area (Å²) in [6.45, 7) is 6.38. The standard InChI is InChI=1S/C24H24ClNO3S/c1-4-29-24(28)21-20(17-7-5-16(6-8-17)13-15(2)3)14-30-23(21)26-22(27)18-9-11-19(25)12-10-18/h5-12,14-15H,4,13H2,1-3H3,(H,26,27). The van der Waals surface area contributed by atoms with Crippen LogP contribution in [0, 0.1) is 5.92 Å². The van der Waals surface area contributed by atoms with Gasteiger partial charge in [0.25, 0.3) is 5.91 Å². The molecule has 1 amide bonds. The fourth-order valence-electron chi connectivity index (χ4n) is 3.14. The van der Waals surface area contributed by atoms with Crippen LogP contribution in [0.4, 0.5) is 5.00 Å². The molecular weight excluding hydrogens is 418 g/mol. The maximum Gasteiger partial charge on any atom is 0.341 e. The summed E-state index contributed by atoms with van der Waals surface area (Å²) < 4.78 is 5.27. The second-order valence-corrected chi connectivity index (χ2v) is 8.65. The number of amides is 1. The van der Waals surface area contributed by atoms with Gasteiger partial charge in [0.05, 0.1) is 6.61 Å². The molecule has 1 N–H and O–H groups in total. The lowest BCUT2D eigenvalue weighted by atomic mass is 9.98. The number of anilines is 1. The Morgan fingerprint density at radius 3 is 2.33 bits per heavy atom. The third kappa shape index (κ3) is 5.29. The largest absolute Gasteiger partial charge is 0.462 e. The normalized spacial score (nSPS) is 10.8. The minimum absolute atomic E-state index is 0.256. The number of hydrogen-bond donors (Lipinski definition) is 1. The zero-order valence-electron chi connectivity index (χ0n) is 17.2. The van der Waals surface area contributed by atoms with Crippen LogP contribution in [0.15, 0.2) is 53.9 Å². The lowest BCUT2D eigenvalue weighted by molar-refractivity contribution is 0.0529. The summed E-state index contributed by atoms with van der Waals surface area (Å²) in [5.74, 6) is -0.189. The summed E-state index contributed by atoms with van der Waals surface area (Å²) >= 11 is 7.20. The number of carbonyl (C=O) groups is 2. The lowest BCUT2D eigenvalue weighted by Gasteiger charge is -2.10. The Kier molecular flexibility index (Phi) is 7.29. The van der Waals surface area contributed by atoms with E-state index in [0.717, 1.165) is 17.5 Å². The van der Waals surface area contributed by atoms with E-state index < -0.39 is 5.97 Å². The van der Waals surface area contributed by atoms with Crippen molar-refractivity contribution in [1.82, 2.24) is 0 Å². The molecule has 0 fully saturated rings. The van der Waals surface area contributed by atoms with Crippen LogP contribution < -0.4 is 5.32 Å². The van der Waals surface area contributed by atoms with Crippen molar-refractivity contribution < 1.29 is 14.3 Å². The van der Waals surface area contributed by atoms with Gasteiger partial charge in [0.2, 0.25) is 0 Å². The van der Waals surface area contributed by atoms with Crippen LogP contribution in [-0.2, 0) is 11.2 Å². The average Bonchev–Trinajstić information content (AvgIpc) is 3.12. The van der Waals surface area contributed by atoms with Gasteiger partial charge in [-0.1, -0.05) is 49.7 Å². The van der Waals surface area contributed by atoms with E-state index in [2.05, 4.69) is 31.3 Å². The molecule has 2 aromatic carbocycles. The number of carbonyl (C=O) groups excluding carboxylic acids is 2. The maximum atomic E-state index is 12.7. The van der Waals surface area contributed by atoms with Gasteiger partial charge in [-0.25, -0.2) is 4.79 Å². The van der Waals surface area contributed by atoms with Gasteiger partial charge >= 0.3 is 5.97 Å². The second kappa shape index (κ2) is 9.92. The number of thiophene rings is 1. The molecule has 156 valence electrons. The van der Waals surface area contributed by atoms with Crippen molar-refractivity contribution in [3.8, 4) is 11.1 Å². The van der Waals surface area contributed by atoms with Crippen molar-refractivity contribution in [2.75, 3.05) is 11.9 Å². The zero-order valence-corrected chi connectivity index (χ0v) is 18.8.